The summed E-state index contributed by atoms with van der Waals surface area (Å²) in [5, 5.41) is 2.70. The molecule has 0 fully saturated rings. The normalized spacial score (nSPS) is 12.7. The van der Waals surface area contributed by atoms with Crippen molar-refractivity contribution in [3.63, 3.8) is 0 Å². The molecule has 1 rings (SSSR count). The molecule has 0 aliphatic rings. The van der Waals surface area contributed by atoms with Gasteiger partial charge in [0.25, 0.3) is 0 Å². The van der Waals surface area contributed by atoms with Crippen LogP contribution in [-0.2, 0) is 29.9 Å². The number of carbonyl (C=O) groups is 2. The van der Waals surface area contributed by atoms with Gasteiger partial charge in [-0.1, -0.05) is 20.8 Å². The highest BCUT2D eigenvalue weighted by molar-refractivity contribution is 6.74. The minimum absolute atomic E-state index is 0.0419. The first kappa shape index (κ1) is 27.8. The molecule has 1 unspecified atom stereocenters. The van der Waals surface area contributed by atoms with Gasteiger partial charge in [-0.25, -0.2) is 18.4 Å². The summed E-state index contributed by atoms with van der Waals surface area (Å²) < 4.78 is 44.8. The van der Waals surface area contributed by atoms with Gasteiger partial charge in [-0.05, 0) is 51.0 Å². The Morgan fingerprint density at radius 1 is 1.09 bits per heavy atom. The van der Waals surface area contributed by atoms with Gasteiger partial charge in [0.15, 0.2) is 25.5 Å². The molecule has 9 heteroatoms. The lowest BCUT2D eigenvalue weighted by molar-refractivity contribution is -0.146. The van der Waals surface area contributed by atoms with Crippen LogP contribution < -0.4 is 5.32 Å². The van der Waals surface area contributed by atoms with E-state index in [0.29, 0.717) is 0 Å². The molecule has 1 atom stereocenters. The number of carbonyl (C=O) groups excluding carboxylic acids is 2. The number of hydrogen-bond acceptors (Lipinski definition) is 6. The maximum Gasteiger partial charge on any atom is 0.347 e. The molecule has 1 aromatic carbocycles. The van der Waals surface area contributed by atoms with Gasteiger partial charge in [-0.2, -0.15) is 0 Å². The third-order valence-electron chi connectivity index (χ3n) is 5.35. The number of benzene rings is 1. The summed E-state index contributed by atoms with van der Waals surface area (Å²) in [5.74, 6) is -3.76. The molecule has 0 amide bonds. The predicted octanol–water partition coefficient (Wildman–Crippen LogP) is 5.34. The van der Waals surface area contributed by atoms with Gasteiger partial charge in [0.05, 0.1) is 13.2 Å². The van der Waals surface area contributed by atoms with Crippen LogP contribution in [0.25, 0.3) is 0 Å². The molecule has 1 N–H and O–H groups in total. The van der Waals surface area contributed by atoms with Gasteiger partial charge in [0, 0.05) is 30.0 Å². The Labute approximate surface area is 190 Å². The third kappa shape index (κ3) is 7.41. The van der Waals surface area contributed by atoms with E-state index in [4.69, 9.17) is 13.9 Å². The average molecular weight is 472 g/mol. The van der Waals surface area contributed by atoms with Gasteiger partial charge >= 0.3 is 11.9 Å². The highest BCUT2D eigenvalue weighted by Crippen LogP contribution is 2.38. The predicted molar refractivity (Wildman–Crippen MR) is 123 cm³/mol. The minimum Gasteiger partial charge on any atom is -0.462 e. The van der Waals surface area contributed by atoms with Crippen molar-refractivity contribution in [1.82, 2.24) is 0 Å². The van der Waals surface area contributed by atoms with Gasteiger partial charge in [0.2, 0.25) is 0 Å². The van der Waals surface area contributed by atoms with Crippen LogP contribution in [-0.4, -0.2) is 39.6 Å². The molecule has 0 heterocycles. The van der Waals surface area contributed by atoms with E-state index in [1.807, 2.05) is 6.92 Å². The molecule has 1 aromatic rings. The van der Waals surface area contributed by atoms with Crippen LogP contribution in [0.4, 0.5) is 14.5 Å². The topological polar surface area (TPSA) is 73.9 Å². The summed E-state index contributed by atoms with van der Waals surface area (Å²) in [7, 11) is -2.13. The number of esters is 2. The number of anilines is 1. The summed E-state index contributed by atoms with van der Waals surface area (Å²) >= 11 is 0. The van der Waals surface area contributed by atoms with E-state index >= 15 is 0 Å². The van der Waals surface area contributed by atoms with Crippen molar-refractivity contribution in [3.8, 4) is 0 Å². The van der Waals surface area contributed by atoms with E-state index in [0.717, 1.165) is 12.3 Å². The van der Waals surface area contributed by atoms with E-state index in [-0.39, 0.29) is 47.6 Å². The lowest BCUT2D eigenvalue weighted by atomic mass is 10.1. The zero-order valence-corrected chi connectivity index (χ0v) is 21.2. The van der Waals surface area contributed by atoms with E-state index in [1.54, 1.807) is 13.8 Å². The largest absolute Gasteiger partial charge is 0.462 e. The maximum atomic E-state index is 14.7. The first-order chi connectivity index (χ1) is 14.7. The molecule has 180 valence electrons. The molecule has 0 aliphatic carbocycles. The first-order valence-corrected chi connectivity index (χ1v) is 13.6. The van der Waals surface area contributed by atoms with Crippen molar-refractivity contribution in [2.24, 2.45) is 0 Å². The monoisotopic (exact) mass is 471 g/mol. The van der Waals surface area contributed by atoms with E-state index < -0.39 is 31.9 Å². The Kier molecular flexibility index (Phi) is 10.0. The average Bonchev–Trinajstić information content (AvgIpc) is 2.66. The lowest BCUT2D eigenvalue weighted by Gasteiger charge is -2.38. The van der Waals surface area contributed by atoms with Gasteiger partial charge in [-0.15, -0.1) is 0 Å². The van der Waals surface area contributed by atoms with Crippen LogP contribution in [0, 0.1) is 11.6 Å². The standard InChI is InChI=1S/C23H35F2NO5Si/c1-9-29-21(27)17(22(28)30-10-2)14-26-19-12-11-18(24)20(25)16(19)13-15(3)31-32(7,8)23(4,5)6/h11-12,14-15,26H,9-10,13H2,1-8H3. The SMILES string of the molecule is CCOC(=O)C(=CNc1ccc(F)c(F)c1CC(C)O[Si](C)(C)C(C)(C)C)C(=O)OCC. The van der Waals surface area contributed by atoms with Crippen LogP contribution in [0.15, 0.2) is 23.9 Å². The number of rotatable bonds is 10. The highest BCUT2D eigenvalue weighted by Gasteiger charge is 2.38. The Morgan fingerprint density at radius 3 is 2.09 bits per heavy atom. The zero-order valence-electron chi connectivity index (χ0n) is 20.2. The smallest absolute Gasteiger partial charge is 0.347 e. The summed E-state index contributed by atoms with van der Waals surface area (Å²) in [6.45, 7) is 15.6. The number of hydrogen-bond donors (Lipinski definition) is 1. The molecular weight excluding hydrogens is 436 g/mol. The second-order valence-electron chi connectivity index (χ2n) is 8.92. The van der Waals surface area contributed by atoms with Crippen LogP contribution in [0.5, 0.6) is 0 Å². The van der Waals surface area contributed by atoms with E-state index in [2.05, 4.69) is 39.2 Å². The Bertz CT molecular complexity index is 830. The molecule has 0 radical (unpaired) electrons. The van der Waals surface area contributed by atoms with Gasteiger partial charge in [-0.3, -0.25) is 0 Å². The Hall–Kier alpha value is -2.26. The lowest BCUT2D eigenvalue weighted by Crippen LogP contribution is -2.43. The maximum absolute atomic E-state index is 14.7. The molecule has 0 bridgehead atoms. The van der Waals surface area contributed by atoms with E-state index in [1.165, 1.54) is 6.07 Å². The van der Waals surface area contributed by atoms with Gasteiger partial charge in [0.1, 0.15) is 0 Å². The molecule has 0 aliphatic heterocycles. The van der Waals surface area contributed by atoms with Crippen LogP contribution in [0.1, 0.15) is 47.1 Å². The quantitative estimate of drug-likeness (QED) is 0.163. The summed E-state index contributed by atoms with van der Waals surface area (Å²) in [6.07, 6.45) is 0.803. The zero-order chi connectivity index (χ0) is 24.7. The Balaban J connectivity index is 3.24. The molecule has 0 aromatic heterocycles. The number of ether oxygens (including phenoxy) is 2. The number of halogens is 2. The number of nitrogens with one attached hydrogen (secondary N) is 1. The fourth-order valence-corrected chi connectivity index (χ4v) is 4.15. The molecule has 0 saturated carbocycles. The van der Waals surface area contributed by atoms with Crippen LogP contribution in [0.2, 0.25) is 18.1 Å². The highest BCUT2D eigenvalue weighted by atomic mass is 28.4. The third-order valence-corrected chi connectivity index (χ3v) is 9.96. The van der Waals surface area contributed by atoms with Crippen LogP contribution in [0.3, 0.4) is 0 Å². The van der Waals surface area contributed by atoms with Crippen molar-refractivity contribution in [3.05, 3.63) is 41.1 Å². The molecular formula is C23H35F2NO5Si. The van der Waals surface area contributed by atoms with Crippen LogP contribution >= 0.6 is 0 Å². The van der Waals surface area contributed by atoms with Crippen molar-refractivity contribution in [2.45, 2.75) is 72.2 Å². The Morgan fingerprint density at radius 2 is 1.62 bits per heavy atom. The molecule has 0 saturated heterocycles. The first-order valence-electron chi connectivity index (χ1n) is 10.7. The summed E-state index contributed by atoms with van der Waals surface area (Å²) in [6, 6.07) is 2.32. The fraction of sp³-hybridized carbons (Fsp3) is 0.565. The van der Waals surface area contributed by atoms with E-state index in [9.17, 15) is 18.4 Å². The fourth-order valence-electron chi connectivity index (χ4n) is 2.71. The van der Waals surface area contributed by atoms with Crippen molar-refractivity contribution in [2.75, 3.05) is 18.5 Å². The molecule has 6 nitrogen and oxygen atoms in total. The summed E-state index contributed by atoms with van der Waals surface area (Å²) in [4.78, 5) is 24.3. The van der Waals surface area contributed by atoms with Crippen molar-refractivity contribution >= 4 is 25.9 Å². The minimum atomic E-state index is -2.13. The second kappa shape index (κ2) is 11.6. The molecule has 32 heavy (non-hydrogen) atoms. The van der Waals surface area contributed by atoms with Crippen molar-refractivity contribution < 1.29 is 32.3 Å². The van der Waals surface area contributed by atoms with Gasteiger partial charge < -0.3 is 19.2 Å². The second-order valence-corrected chi connectivity index (χ2v) is 13.7. The van der Waals surface area contributed by atoms with Crippen molar-refractivity contribution in [1.29, 1.82) is 0 Å². The molecule has 0 spiro atoms. The summed E-state index contributed by atoms with van der Waals surface area (Å²) in [5.41, 5.74) is -0.116.